The Bertz CT molecular complexity index is 1090. The molecular formula is C23H30N3O9P. The Kier molecular flexibility index (Phi) is 7.56. The number of benzene rings is 1. The Labute approximate surface area is 208 Å². The number of nitrogens with one attached hydrogen (secondary N) is 1. The van der Waals surface area contributed by atoms with Crippen molar-refractivity contribution in [1.29, 1.82) is 0 Å². The maximum atomic E-state index is 13.5. The van der Waals surface area contributed by atoms with Gasteiger partial charge in [0.1, 0.15) is 30.1 Å². The second-order valence-corrected chi connectivity index (χ2v) is 10.8. The van der Waals surface area contributed by atoms with E-state index in [2.05, 4.69) is 5.09 Å². The number of hydrogen-bond donors (Lipinski definition) is 3. The van der Waals surface area contributed by atoms with Gasteiger partial charge in [-0.1, -0.05) is 30.4 Å². The summed E-state index contributed by atoms with van der Waals surface area (Å²) in [5.74, 6) is -2.48. The second-order valence-electron chi connectivity index (χ2n) is 9.06. The fraction of sp³-hybridized carbons (Fsp3) is 0.478. The SMILES string of the molecule is C[C@H](NP(=O)(OCC1O[C@@H](N2C=C(C(N)=O)C=CC2)[C@@H]2OC(C)(C)O[C@H]12)Oc1ccccc1)C(=O)O. The normalized spacial score (nSPS) is 29.2. The van der Waals surface area contributed by atoms with Gasteiger partial charge in [-0.15, -0.1) is 0 Å². The third kappa shape index (κ3) is 5.97. The van der Waals surface area contributed by atoms with Crippen molar-refractivity contribution in [3.63, 3.8) is 0 Å². The van der Waals surface area contributed by atoms with Gasteiger partial charge in [0.15, 0.2) is 12.0 Å². The number of fused-ring (bicyclic) bond motifs is 1. The number of ether oxygens (including phenoxy) is 3. The maximum absolute atomic E-state index is 13.5. The van der Waals surface area contributed by atoms with Gasteiger partial charge in [-0.3, -0.25) is 14.1 Å². The fourth-order valence-corrected chi connectivity index (χ4v) is 5.64. The van der Waals surface area contributed by atoms with Gasteiger partial charge >= 0.3 is 13.7 Å². The number of primary amides is 1. The van der Waals surface area contributed by atoms with E-state index in [1.165, 1.54) is 6.92 Å². The molecule has 0 radical (unpaired) electrons. The van der Waals surface area contributed by atoms with Gasteiger partial charge in [-0.2, -0.15) is 5.09 Å². The maximum Gasteiger partial charge on any atom is 0.459 e. The first-order valence-corrected chi connectivity index (χ1v) is 13.0. The van der Waals surface area contributed by atoms with Crippen LogP contribution in [0.2, 0.25) is 0 Å². The van der Waals surface area contributed by atoms with E-state index in [-0.39, 0.29) is 12.4 Å². The van der Waals surface area contributed by atoms with Crippen molar-refractivity contribution in [3.8, 4) is 5.75 Å². The monoisotopic (exact) mass is 523 g/mol. The molecule has 13 heteroatoms. The summed E-state index contributed by atoms with van der Waals surface area (Å²) < 4.78 is 43.1. The molecule has 0 bridgehead atoms. The van der Waals surface area contributed by atoms with Crippen LogP contribution in [0, 0.1) is 0 Å². The van der Waals surface area contributed by atoms with Crippen LogP contribution < -0.4 is 15.3 Å². The van der Waals surface area contributed by atoms with E-state index >= 15 is 0 Å². The molecule has 12 nitrogen and oxygen atoms in total. The smallest absolute Gasteiger partial charge is 0.459 e. The minimum atomic E-state index is -4.15. The molecule has 2 saturated heterocycles. The number of carbonyl (C=O) groups excluding carboxylic acids is 1. The van der Waals surface area contributed by atoms with Crippen LogP contribution in [0.1, 0.15) is 20.8 Å². The van der Waals surface area contributed by atoms with E-state index in [1.54, 1.807) is 67.4 Å². The predicted molar refractivity (Wildman–Crippen MR) is 126 cm³/mol. The number of para-hydroxylation sites is 1. The zero-order chi connectivity index (χ0) is 26.1. The molecular weight excluding hydrogens is 493 g/mol. The lowest BCUT2D eigenvalue weighted by Gasteiger charge is -2.32. The highest BCUT2D eigenvalue weighted by molar-refractivity contribution is 7.52. The van der Waals surface area contributed by atoms with Crippen molar-refractivity contribution in [2.24, 2.45) is 5.73 Å². The lowest BCUT2D eigenvalue weighted by Crippen LogP contribution is -2.42. The standard InChI is InChI=1S/C23H30N3O9P/c1-14(22(28)29)25-36(30,35-16-9-5-4-6-10-16)31-13-17-18-19(34-23(2,3)33-18)21(32-17)26-11-7-8-15(12-26)20(24)27/h4-10,12,14,17-19,21H,11,13H2,1-3H3,(H2,24,27)(H,25,30)(H,28,29)/t14-,17?,18+,19+,21+,36?/m0/s1. The topological polar surface area (TPSA) is 159 Å². The number of hydrogen-bond acceptors (Lipinski definition) is 9. The first-order valence-electron chi connectivity index (χ1n) is 11.4. The highest BCUT2D eigenvalue weighted by atomic mass is 31.2. The summed E-state index contributed by atoms with van der Waals surface area (Å²) in [6.45, 7) is 5.04. The van der Waals surface area contributed by atoms with Gasteiger partial charge in [0, 0.05) is 12.7 Å². The van der Waals surface area contributed by atoms with E-state index in [0.29, 0.717) is 12.1 Å². The van der Waals surface area contributed by atoms with Gasteiger partial charge in [0.05, 0.1) is 12.2 Å². The van der Waals surface area contributed by atoms with Crippen LogP contribution in [-0.4, -0.2) is 71.4 Å². The van der Waals surface area contributed by atoms with Crippen molar-refractivity contribution in [1.82, 2.24) is 9.99 Å². The zero-order valence-electron chi connectivity index (χ0n) is 20.1. The summed E-state index contributed by atoms with van der Waals surface area (Å²) in [5.41, 5.74) is 5.74. The molecule has 3 aliphatic rings. The summed E-state index contributed by atoms with van der Waals surface area (Å²) in [4.78, 5) is 24.8. The lowest BCUT2D eigenvalue weighted by atomic mass is 10.1. The van der Waals surface area contributed by atoms with Gasteiger partial charge < -0.3 is 34.5 Å². The Balaban J connectivity index is 1.52. The van der Waals surface area contributed by atoms with E-state index in [0.717, 1.165) is 0 Å². The number of carboxylic acids is 1. The van der Waals surface area contributed by atoms with E-state index in [1.807, 2.05) is 0 Å². The third-order valence-corrected chi connectivity index (χ3v) is 7.40. The van der Waals surface area contributed by atoms with Crippen LogP contribution in [0.3, 0.4) is 0 Å². The van der Waals surface area contributed by atoms with Gasteiger partial charge in [-0.05, 0) is 32.9 Å². The van der Waals surface area contributed by atoms with Gasteiger partial charge in [0.2, 0.25) is 5.91 Å². The number of nitrogens with two attached hydrogens (primary N) is 1. The van der Waals surface area contributed by atoms with Crippen molar-refractivity contribution in [3.05, 3.63) is 54.3 Å². The molecule has 3 aliphatic heterocycles. The van der Waals surface area contributed by atoms with Crippen LogP contribution in [0.15, 0.2) is 54.3 Å². The van der Waals surface area contributed by atoms with Crippen molar-refractivity contribution >= 4 is 19.6 Å². The van der Waals surface area contributed by atoms with E-state index in [4.69, 9.17) is 29.0 Å². The first kappa shape index (κ1) is 26.3. The molecule has 4 N–H and O–H groups in total. The molecule has 2 fully saturated rings. The fourth-order valence-electron chi connectivity index (χ4n) is 4.13. The highest BCUT2D eigenvalue weighted by Crippen LogP contribution is 2.47. The number of carboxylic acid groups (broad SMARTS) is 1. The minimum Gasteiger partial charge on any atom is -0.480 e. The Morgan fingerprint density at radius 2 is 1.97 bits per heavy atom. The molecule has 0 spiro atoms. The van der Waals surface area contributed by atoms with Crippen LogP contribution in [0.4, 0.5) is 0 Å². The van der Waals surface area contributed by atoms with Crippen LogP contribution in [0.5, 0.6) is 5.75 Å². The quantitative estimate of drug-likeness (QED) is 0.384. The molecule has 1 aromatic rings. The lowest BCUT2D eigenvalue weighted by molar-refractivity contribution is -0.203. The summed E-state index contributed by atoms with van der Waals surface area (Å²) in [6.07, 6.45) is 2.48. The largest absolute Gasteiger partial charge is 0.480 e. The summed E-state index contributed by atoms with van der Waals surface area (Å²) in [5, 5.41) is 11.7. The average molecular weight is 523 g/mol. The van der Waals surface area contributed by atoms with E-state index in [9.17, 15) is 19.3 Å². The number of amides is 1. The Morgan fingerprint density at radius 3 is 2.64 bits per heavy atom. The minimum absolute atomic E-state index is 0.236. The number of rotatable bonds is 10. The molecule has 6 atom stereocenters. The van der Waals surface area contributed by atoms with Crippen LogP contribution in [-0.2, 0) is 32.9 Å². The van der Waals surface area contributed by atoms with Crippen molar-refractivity contribution < 1.29 is 42.5 Å². The number of aliphatic carboxylic acids is 1. The molecule has 36 heavy (non-hydrogen) atoms. The second kappa shape index (κ2) is 10.3. The number of nitrogens with zero attached hydrogens (tertiary/aromatic N) is 1. The van der Waals surface area contributed by atoms with Crippen LogP contribution in [0.25, 0.3) is 0 Å². The molecule has 1 aromatic carbocycles. The van der Waals surface area contributed by atoms with Crippen molar-refractivity contribution in [2.45, 2.75) is 57.1 Å². The Morgan fingerprint density at radius 1 is 1.28 bits per heavy atom. The third-order valence-electron chi connectivity index (χ3n) is 5.75. The van der Waals surface area contributed by atoms with Crippen molar-refractivity contribution in [2.75, 3.05) is 13.2 Å². The first-order chi connectivity index (χ1) is 17.0. The molecule has 4 rings (SSSR count). The zero-order valence-corrected chi connectivity index (χ0v) is 21.0. The summed E-state index contributed by atoms with van der Waals surface area (Å²) >= 11 is 0. The number of carbonyl (C=O) groups is 2. The van der Waals surface area contributed by atoms with Gasteiger partial charge in [0.25, 0.3) is 0 Å². The molecule has 3 heterocycles. The molecule has 0 aromatic heterocycles. The summed E-state index contributed by atoms with van der Waals surface area (Å²) in [7, 11) is -4.15. The molecule has 0 saturated carbocycles. The molecule has 0 aliphatic carbocycles. The summed E-state index contributed by atoms with van der Waals surface area (Å²) in [6, 6.07) is 7.05. The van der Waals surface area contributed by atoms with Gasteiger partial charge in [-0.25, -0.2) is 4.57 Å². The predicted octanol–water partition coefficient (Wildman–Crippen LogP) is 1.74. The Hall–Kier alpha value is -2.73. The highest BCUT2D eigenvalue weighted by Gasteiger charge is 2.57. The van der Waals surface area contributed by atoms with Crippen LogP contribution >= 0.6 is 7.75 Å². The molecule has 1 amide bonds. The van der Waals surface area contributed by atoms with E-state index < -0.39 is 56.0 Å². The average Bonchev–Trinajstić information content (AvgIpc) is 3.31. The molecule has 196 valence electrons. The molecule has 2 unspecified atom stereocenters.